The lowest BCUT2D eigenvalue weighted by molar-refractivity contribution is 0.358. The lowest BCUT2D eigenvalue weighted by Gasteiger charge is -2.32. The van der Waals surface area contributed by atoms with E-state index in [0.717, 1.165) is 31.4 Å². The summed E-state index contributed by atoms with van der Waals surface area (Å²) in [5, 5.41) is 12.0. The molecule has 3 rings (SSSR count). The predicted octanol–water partition coefficient (Wildman–Crippen LogP) is 1.32. The molecule has 0 unspecified atom stereocenters. The Morgan fingerprint density at radius 2 is 2.25 bits per heavy atom. The standard InChI is InChI=1S/C11H15ClN4/c12-10-1-2-11(15-14-10)16-6-4-8-3-5-13-7-9(8)16/h1-2,8-9,13H,3-7H2/t8-,9-/m0/s1. The highest BCUT2D eigenvalue weighted by Gasteiger charge is 2.36. The number of nitrogens with one attached hydrogen (secondary N) is 1. The molecule has 16 heavy (non-hydrogen) atoms. The number of hydrogen-bond acceptors (Lipinski definition) is 4. The Labute approximate surface area is 100.0 Å². The summed E-state index contributed by atoms with van der Waals surface area (Å²) in [5.74, 6) is 1.78. The number of hydrogen-bond donors (Lipinski definition) is 1. The van der Waals surface area contributed by atoms with E-state index in [1.165, 1.54) is 12.8 Å². The van der Waals surface area contributed by atoms with Crippen LogP contribution in [-0.4, -0.2) is 35.9 Å². The van der Waals surface area contributed by atoms with E-state index >= 15 is 0 Å². The number of aromatic nitrogens is 2. The Hall–Kier alpha value is -0.870. The first-order chi connectivity index (χ1) is 7.84. The molecule has 1 aromatic rings. The van der Waals surface area contributed by atoms with Gasteiger partial charge in [-0.25, -0.2) is 0 Å². The summed E-state index contributed by atoms with van der Waals surface area (Å²) >= 11 is 5.75. The van der Waals surface area contributed by atoms with Crippen molar-refractivity contribution in [2.24, 2.45) is 5.92 Å². The highest BCUT2D eigenvalue weighted by atomic mass is 35.5. The molecule has 2 fully saturated rings. The molecule has 0 amide bonds. The molecule has 2 aliphatic rings. The zero-order valence-electron chi connectivity index (χ0n) is 9.06. The van der Waals surface area contributed by atoms with E-state index in [4.69, 9.17) is 11.6 Å². The van der Waals surface area contributed by atoms with Crippen LogP contribution < -0.4 is 10.2 Å². The van der Waals surface area contributed by atoms with E-state index in [1.807, 2.05) is 12.1 Å². The number of rotatable bonds is 1. The van der Waals surface area contributed by atoms with Crippen molar-refractivity contribution < 1.29 is 0 Å². The van der Waals surface area contributed by atoms with Crippen molar-refractivity contribution in [3.05, 3.63) is 17.3 Å². The van der Waals surface area contributed by atoms with Gasteiger partial charge in [0.1, 0.15) is 0 Å². The molecule has 0 saturated carbocycles. The average Bonchev–Trinajstić information content (AvgIpc) is 2.74. The summed E-state index contributed by atoms with van der Waals surface area (Å²) < 4.78 is 0. The minimum atomic E-state index is 0.460. The Balaban J connectivity index is 1.82. The minimum Gasteiger partial charge on any atom is -0.351 e. The second-order valence-electron chi connectivity index (χ2n) is 4.52. The Kier molecular flexibility index (Phi) is 2.69. The van der Waals surface area contributed by atoms with Crippen LogP contribution in [0.15, 0.2) is 12.1 Å². The molecule has 5 heteroatoms. The third kappa shape index (κ3) is 1.76. The van der Waals surface area contributed by atoms with Gasteiger partial charge in [0.15, 0.2) is 11.0 Å². The van der Waals surface area contributed by atoms with Crippen molar-refractivity contribution in [1.82, 2.24) is 15.5 Å². The summed E-state index contributed by atoms with van der Waals surface area (Å²) in [6, 6.07) is 4.36. The van der Waals surface area contributed by atoms with Gasteiger partial charge in [-0.15, -0.1) is 10.2 Å². The zero-order chi connectivity index (χ0) is 11.0. The number of fused-ring (bicyclic) bond motifs is 1. The van der Waals surface area contributed by atoms with Crippen molar-refractivity contribution in [2.75, 3.05) is 24.5 Å². The summed E-state index contributed by atoms with van der Waals surface area (Å²) in [5.41, 5.74) is 0. The number of piperidine rings is 1. The second-order valence-corrected chi connectivity index (χ2v) is 4.90. The van der Waals surface area contributed by atoms with E-state index in [9.17, 15) is 0 Å². The molecular formula is C11H15ClN4. The van der Waals surface area contributed by atoms with E-state index < -0.39 is 0 Å². The fourth-order valence-electron chi connectivity index (χ4n) is 2.82. The van der Waals surface area contributed by atoms with Gasteiger partial charge in [-0.05, 0) is 37.4 Å². The van der Waals surface area contributed by atoms with Gasteiger partial charge in [0.05, 0.1) is 0 Å². The van der Waals surface area contributed by atoms with Gasteiger partial charge in [-0.1, -0.05) is 11.6 Å². The van der Waals surface area contributed by atoms with Gasteiger partial charge in [0.25, 0.3) is 0 Å². The summed E-state index contributed by atoms with van der Waals surface area (Å²) in [4.78, 5) is 2.36. The minimum absolute atomic E-state index is 0.460. The van der Waals surface area contributed by atoms with E-state index in [1.54, 1.807) is 0 Å². The van der Waals surface area contributed by atoms with Crippen molar-refractivity contribution in [2.45, 2.75) is 18.9 Å². The van der Waals surface area contributed by atoms with E-state index in [-0.39, 0.29) is 0 Å². The number of nitrogens with zero attached hydrogens (tertiary/aromatic N) is 3. The van der Waals surface area contributed by atoms with Gasteiger partial charge in [-0.3, -0.25) is 0 Å². The molecular weight excluding hydrogens is 224 g/mol. The lowest BCUT2D eigenvalue weighted by Crippen LogP contribution is -2.46. The Morgan fingerprint density at radius 1 is 1.31 bits per heavy atom. The van der Waals surface area contributed by atoms with Crippen LogP contribution in [0.2, 0.25) is 5.15 Å². The molecule has 1 N–H and O–H groups in total. The molecule has 3 heterocycles. The van der Waals surface area contributed by atoms with Gasteiger partial charge >= 0.3 is 0 Å². The zero-order valence-corrected chi connectivity index (χ0v) is 9.82. The molecule has 2 atom stereocenters. The van der Waals surface area contributed by atoms with Crippen LogP contribution in [0.25, 0.3) is 0 Å². The van der Waals surface area contributed by atoms with Crippen molar-refractivity contribution in [3.8, 4) is 0 Å². The van der Waals surface area contributed by atoms with Crippen LogP contribution in [0.1, 0.15) is 12.8 Å². The van der Waals surface area contributed by atoms with Crippen LogP contribution in [0.4, 0.5) is 5.82 Å². The van der Waals surface area contributed by atoms with Gasteiger partial charge in [0, 0.05) is 19.1 Å². The molecule has 4 nitrogen and oxygen atoms in total. The Bertz CT molecular complexity index is 367. The van der Waals surface area contributed by atoms with Crippen molar-refractivity contribution in [3.63, 3.8) is 0 Å². The van der Waals surface area contributed by atoms with Crippen LogP contribution in [-0.2, 0) is 0 Å². The molecule has 0 spiro atoms. The van der Waals surface area contributed by atoms with E-state index in [0.29, 0.717) is 11.2 Å². The van der Waals surface area contributed by atoms with Gasteiger partial charge in [-0.2, -0.15) is 0 Å². The van der Waals surface area contributed by atoms with E-state index in [2.05, 4.69) is 20.4 Å². The largest absolute Gasteiger partial charge is 0.351 e. The maximum atomic E-state index is 5.75. The smallest absolute Gasteiger partial charge is 0.151 e. The first-order valence-electron chi connectivity index (χ1n) is 5.81. The lowest BCUT2D eigenvalue weighted by atomic mass is 9.93. The quantitative estimate of drug-likeness (QED) is 0.801. The van der Waals surface area contributed by atoms with Crippen LogP contribution in [0, 0.1) is 5.92 Å². The molecule has 0 radical (unpaired) electrons. The fourth-order valence-corrected chi connectivity index (χ4v) is 2.92. The fraction of sp³-hybridized carbons (Fsp3) is 0.636. The summed E-state index contributed by atoms with van der Waals surface area (Å²) in [6.45, 7) is 3.31. The molecule has 0 bridgehead atoms. The Morgan fingerprint density at radius 3 is 3.06 bits per heavy atom. The van der Waals surface area contributed by atoms with Crippen LogP contribution in [0.3, 0.4) is 0 Å². The number of anilines is 1. The van der Waals surface area contributed by atoms with Crippen molar-refractivity contribution in [1.29, 1.82) is 0 Å². The summed E-state index contributed by atoms with van der Waals surface area (Å²) in [6.07, 6.45) is 2.55. The normalized spacial score (nSPS) is 29.2. The second kappa shape index (κ2) is 4.18. The third-order valence-electron chi connectivity index (χ3n) is 3.64. The van der Waals surface area contributed by atoms with Crippen LogP contribution >= 0.6 is 11.6 Å². The topological polar surface area (TPSA) is 41.0 Å². The number of halogens is 1. The molecule has 1 aromatic heterocycles. The molecule has 2 saturated heterocycles. The highest BCUT2D eigenvalue weighted by molar-refractivity contribution is 6.29. The maximum absolute atomic E-state index is 5.75. The first kappa shape index (κ1) is 10.3. The molecule has 2 aliphatic heterocycles. The SMILES string of the molecule is Clc1ccc(N2CC[C@@H]3CCNC[C@@H]32)nn1. The first-order valence-corrected chi connectivity index (χ1v) is 6.19. The molecule has 0 aliphatic carbocycles. The van der Waals surface area contributed by atoms with Gasteiger partial charge in [0.2, 0.25) is 0 Å². The van der Waals surface area contributed by atoms with Crippen molar-refractivity contribution >= 4 is 17.4 Å². The highest BCUT2D eigenvalue weighted by Crippen LogP contribution is 2.31. The molecule has 0 aromatic carbocycles. The predicted molar refractivity (Wildman–Crippen MR) is 63.8 cm³/mol. The summed E-state index contributed by atoms with van der Waals surface area (Å²) in [7, 11) is 0. The van der Waals surface area contributed by atoms with Crippen LogP contribution in [0.5, 0.6) is 0 Å². The maximum Gasteiger partial charge on any atom is 0.151 e. The monoisotopic (exact) mass is 238 g/mol. The molecule has 86 valence electrons. The average molecular weight is 239 g/mol. The third-order valence-corrected chi connectivity index (χ3v) is 3.84. The van der Waals surface area contributed by atoms with Gasteiger partial charge < -0.3 is 10.2 Å².